The van der Waals surface area contributed by atoms with Gasteiger partial charge in [-0.3, -0.25) is 0 Å². The first kappa shape index (κ1) is 11.5. The predicted molar refractivity (Wildman–Crippen MR) is 64.3 cm³/mol. The Morgan fingerprint density at radius 2 is 2.00 bits per heavy atom. The van der Waals surface area contributed by atoms with E-state index in [1.807, 2.05) is 12.2 Å². The van der Waals surface area contributed by atoms with Gasteiger partial charge in [0.1, 0.15) is 0 Å². The van der Waals surface area contributed by atoms with Gasteiger partial charge in [-0.05, 0) is 24.0 Å². The van der Waals surface area contributed by atoms with E-state index in [0.29, 0.717) is 6.42 Å². The number of rotatable bonds is 5. The molecule has 0 heterocycles. The summed E-state index contributed by atoms with van der Waals surface area (Å²) in [7, 11) is 0. The zero-order valence-electron chi connectivity index (χ0n) is 9.24. The Bertz CT molecular complexity index is 341. The van der Waals surface area contributed by atoms with E-state index in [1.54, 1.807) is 0 Å². The molecule has 0 N–H and O–H groups in total. The van der Waals surface area contributed by atoms with Crippen molar-refractivity contribution in [2.45, 2.75) is 32.6 Å². The molecule has 0 spiro atoms. The third-order valence-corrected chi connectivity index (χ3v) is 2.32. The lowest BCUT2D eigenvalue weighted by Crippen LogP contribution is -1.84. The fourth-order valence-corrected chi connectivity index (χ4v) is 1.42. The molecule has 1 aromatic rings. The number of hydrogen-bond donors (Lipinski definition) is 0. The molecule has 0 aliphatic rings. The van der Waals surface area contributed by atoms with Crippen LogP contribution in [0.15, 0.2) is 30.3 Å². The van der Waals surface area contributed by atoms with Crippen LogP contribution in [0.2, 0.25) is 0 Å². The molecule has 78 valence electrons. The summed E-state index contributed by atoms with van der Waals surface area (Å²) >= 11 is 0. The van der Waals surface area contributed by atoms with Crippen molar-refractivity contribution in [2.24, 2.45) is 0 Å². The molecule has 1 rings (SSSR count). The quantitative estimate of drug-likeness (QED) is 0.704. The van der Waals surface area contributed by atoms with E-state index in [0.717, 1.165) is 0 Å². The summed E-state index contributed by atoms with van der Waals surface area (Å²) in [6.07, 6.45) is 8.03. The smallest absolute Gasteiger partial charge is 0.0663 e. The zero-order chi connectivity index (χ0) is 10.9. The fraction of sp³-hybridized carbons (Fsp3) is 0.357. The molecule has 0 aliphatic carbocycles. The van der Waals surface area contributed by atoms with E-state index in [2.05, 4.69) is 37.3 Å². The van der Waals surface area contributed by atoms with Gasteiger partial charge in [0.05, 0.1) is 12.5 Å². The molecule has 0 bridgehead atoms. The van der Waals surface area contributed by atoms with E-state index in [4.69, 9.17) is 5.26 Å². The Morgan fingerprint density at radius 1 is 1.27 bits per heavy atom. The molecule has 0 atom stereocenters. The van der Waals surface area contributed by atoms with Crippen molar-refractivity contribution in [3.8, 4) is 6.07 Å². The highest BCUT2D eigenvalue weighted by Crippen LogP contribution is 2.09. The summed E-state index contributed by atoms with van der Waals surface area (Å²) in [6.45, 7) is 2.21. The van der Waals surface area contributed by atoms with Crippen LogP contribution >= 0.6 is 0 Å². The van der Waals surface area contributed by atoms with Crippen molar-refractivity contribution < 1.29 is 0 Å². The number of hydrogen-bond acceptors (Lipinski definition) is 1. The number of unbranched alkanes of at least 4 members (excludes halogenated alkanes) is 1. The minimum Gasteiger partial charge on any atom is -0.198 e. The average Bonchev–Trinajstić information content (AvgIpc) is 2.28. The molecule has 0 aromatic heterocycles. The Labute approximate surface area is 92.1 Å². The van der Waals surface area contributed by atoms with Crippen LogP contribution in [0.3, 0.4) is 0 Å². The Hall–Kier alpha value is -1.55. The molecule has 0 unspecified atom stereocenters. The van der Waals surface area contributed by atoms with E-state index in [1.165, 1.54) is 30.4 Å². The first-order valence-corrected chi connectivity index (χ1v) is 5.49. The molecule has 0 saturated carbocycles. The van der Waals surface area contributed by atoms with E-state index >= 15 is 0 Å². The number of benzene rings is 1. The van der Waals surface area contributed by atoms with Gasteiger partial charge < -0.3 is 0 Å². The van der Waals surface area contributed by atoms with Gasteiger partial charge in [0, 0.05) is 0 Å². The Balaban J connectivity index is 2.53. The standard InChI is InChI=1S/C14H17N/c1-2-3-6-13-8-10-14(11-9-13)7-4-5-12-15/h4,7-11H,2-3,5-6H2,1H3. The van der Waals surface area contributed by atoms with Crippen LogP contribution in [0.5, 0.6) is 0 Å². The van der Waals surface area contributed by atoms with Crippen molar-refractivity contribution in [2.75, 3.05) is 0 Å². The first-order valence-electron chi connectivity index (χ1n) is 5.49. The molecule has 15 heavy (non-hydrogen) atoms. The third kappa shape index (κ3) is 4.46. The largest absolute Gasteiger partial charge is 0.198 e. The van der Waals surface area contributed by atoms with Crippen molar-refractivity contribution in [1.29, 1.82) is 5.26 Å². The molecule has 0 saturated heterocycles. The fourth-order valence-electron chi connectivity index (χ4n) is 1.42. The zero-order valence-corrected chi connectivity index (χ0v) is 9.24. The van der Waals surface area contributed by atoms with Crippen LogP contribution in [0, 0.1) is 11.3 Å². The normalized spacial score (nSPS) is 10.4. The molecule has 0 radical (unpaired) electrons. The number of nitrogens with zero attached hydrogens (tertiary/aromatic N) is 1. The van der Waals surface area contributed by atoms with Crippen LogP contribution in [0.25, 0.3) is 6.08 Å². The average molecular weight is 199 g/mol. The van der Waals surface area contributed by atoms with Crippen molar-refractivity contribution in [3.63, 3.8) is 0 Å². The Kier molecular flexibility index (Phi) is 5.25. The second-order valence-corrected chi connectivity index (χ2v) is 3.61. The molecule has 1 aromatic carbocycles. The SMILES string of the molecule is CCCCc1ccc(C=CCC#N)cc1. The summed E-state index contributed by atoms with van der Waals surface area (Å²) in [5.41, 5.74) is 2.57. The van der Waals surface area contributed by atoms with Gasteiger partial charge in [-0.25, -0.2) is 0 Å². The summed E-state index contributed by atoms with van der Waals surface area (Å²) in [5, 5.41) is 8.38. The molecule has 0 amide bonds. The predicted octanol–water partition coefficient (Wildman–Crippen LogP) is 3.96. The topological polar surface area (TPSA) is 23.8 Å². The van der Waals surface area contributed by atoms with Gasteiger partial charge >= 0.3 is 0 Å². The Morgan fingerprint density at radius 3 is 2.60 bits per heavy atom. The van der Waals surface area contributed by atoms with Crippen LogP contribution < -0.4 is 0 Å². The highest BCUT2D eigenvalue weighted by atomic mass is 14.2. The summed E-state index contributed by atoms with van der Waals surface area (Å²) in [5.74, 6) is 0. The maximum Gasteiger partial charge on any atom is 0.0663 e. The minimum atomic E-state index is 0.484. The molecular formula is C14H17N. The maximum absolute atomic E-state index is 8.38. The third-order valence-electron chi connectivity index (χ3n) is 2.32. The van der Waals surface area contributed by atoms with Crippen LogP contribution in [0.4, 0.5) is 0 Å². The van der Waals surface area contributed by atoms with Crippen molar-refractivity contribution in [3.05, 3.63) is 41.5 Å². The van der Waals surface area contributed by atoms with E-state index in [9.17, 15) is 0 Å². The van der Waals surface area contributed by atoms with E-state index in [-0.39, 0.29) is 0 Å². The molecule has 1 heteroatoms. The highest BCUT2D eigenvalue weighted by Gasteiger charge is 1.91. The monoisotopic (exact) mass is 199 g/mol. The first-order chi connectivity index (χ1) is 7.36. The number of allylic oxidation sites excluding steroid dienone is 1. The second-order valence-electron chi connectivity index (χ2n) is 3.61. The van der Waals surface area contributed by atoms with Gasteiger partial charge in [-0.2, -0.15) is 5.26 Å². The van der Waals surface area contributed by atoms with Crippen molar-refractivity contribution in [1.82, 2.24) is 0 Å². The van der Waals surface area contributed by atoms with Gasteiger partial charge in [0.25, 0.3) is 0 Å². The lowest BCUT2D eigenvalue weighted by molar-refractivity contribution is 0.795. The number of nitriles is 1. The highest BCUT2D eigenvalue weighted by molar-refractivity contribution is 5.49. The van der Waals surface area contributed by atoms with Gasteiger partial charge in [0.2, 0.25) is 0 Å². The summed E-state index contributed by atoms with van der Waals surface area (Å²) < 4.78 is 0. The van der Waals surface area contributed by atoms with Gasteiger partial charge in [0.15, 0.2) is 0 Å². The minimum absolute atomic E-state index is 0.484. The van der Waals surface area contributed by atoms with Crippen LogP contribution in [0.1, 0.15) is 37.3 Å². The van der Waals surface area contributed by atoms with Crippen LogP contribution in [-0.2, 0) is 6.42 Å². The van der Waals surface area contributed by atoms with Gasteiger partial charge in [-0.15, -0.1) is 0 Å². The summed E-state index contributed by atoms with van der Waals surface area (Å²) in [6, 6.07) is 10.6. The maximum atomic E-state index is 8.38. The molecule has 0 fully saturated rings. The molecule has 1 nitrogen and oxygen atoms in total. The molecular weight excluding hydrogens is 182 g/mol. The second kappa shape index (κ2) is 6.84. The molecule has 0 aliphatic heterocycles. The van der Waals surface area contributed by atoms with Crippen LogP contribution in [-0.4, -0.2) is 0 Å². The number of aryl methyl sites for hydroxylation is 1. The van der Waals surface area contributed by atoms with Gasteiger partial charge in [-0.1, -0.05) is 49.8 Å². The summed E-state index contributed by atoms with van der Waals surface area (Å²) in [4.78, 5) is 0. The lowest BCUT2D eigenvalue weighted by Gasteiger charge is -2.00. The lowest BCUT2D eigenvalue weighted by atomic mass is 10.1. The van der Waals surface area contributed by atoms with E-state index < -0.39 is 0 Å². The van der Waals surface area contributed by atoms with Crippen molar-refractivity contribution >= 4 is 6.08 Å².